The Morgan fingerprint density at radius 3 is 2.34 bits per heavy atom. The molecule has 3 aromatic carbocycles. The smallest absolute Gasteiger partial charge is 0.352 e. The van der Waals surface area contributed by atoms with E-state index < -0.39 is 11.7 Å². The third-order valence-corrected chi connectivity index (χ3v) is 5.14. The summed E-state index contributed by atoms with van der Waals surface area (Å²) in [7, 11) is 0. The number of nitrogens with zero attached hydrogens (tertiary/aromatic N) is 2. The largest absolute Gasteiger partial charge is 0.416 e. The number of aromatic nitrogens is 2. The number of hydrogen-bond donors (Lipinski definition) is 2. The summed E-state index contributed by atoms with van der Waals surface area (Å²) in [6, 6.07) is 17.8. The molecule has 9 heteroatoms. The first-order valence-corrected chi connectivity index (χ1v) is 10.7. The Morgan fingerprint density at radius 1 is 0.857 bits per heavy atom. The normalized spacial score (nSPS) is 11.2. The fraction of sp³-hybridized carbons (Fsp3) is 0.115. The van der Waals surface area contributed by atoms with E-state index in [9.17, 15) is 22.4 Å². The minimum Gasteiger partial charge on any atom is -0.352 e. The lowest BCUT2D eigenvalue weighted by molar-refractivity contribution is -0.137. The first-order valence-electron chi connectivity index (χ1n) is 10.7. The molecule has 0 saturated heterocycles. The van der Waals surface area contributed by atoms with Crippen LogP contribution in [0.4, 0.5) is 29.2 Å². The van der Waals surface area contributed by atoms with Gasteiger partial charge in [-0.05, 0) is 53.9 Å². The van der Waals surface area contributed by atoms with Crippen molar-refractivity contribution in [3.8, 4) is 11.1 Å². The Kier molecular flexibility index (Phi) is 7.05. The average molecular weight is 480 g/mol. The van der Waals surface area contributed by atoms with Gasteiger partial charge in [0.1, 0.15) is 5.82 Å². The predicted octanol–water partition coefficient (Wildman–Crippen LogP) is 6.02. The van der Waals surface area contributed by atoms with Crippen molar-refractivity contribution in [3.05, 3.63) is 108 Å². The molecule has 0 bridgehead atoms. The van der Waals surface area contributed by atoms with Gasteiger partial charge in [0.25, 0.3) is 5.91 Å². The van der Waals surface area contributed by atoms with Gasteiger partial charge >= 0.3 is 6.18 Å². The zero-order valence-corrected chi connectivity index (χ0v) is 18.3. The molecule has 0 saturated carbocycles. The van der Waals surface area contributed by atoms with Gasteiger partial charge in [-0.2, -0.15) is 13.2 Å². The molecule has 4 aromatic rings. The molecule has 0 aliphatic carbocycles. The lowest BCUT2D eigenvalue weighted by atomic mass is 10.1. The van der Waals surface area contributed by atoms with Gasteiger partial charge in [-0.15, -0.1) is 0 Å². The van der Waals surface area contributed by atoms with Crippen molar-refractivity contribution < 1.29 is 22.4 Å². The van der Waals surface area contributed by atoms with Gasteiger partial charge < -0.3 is 10.6 Å². The van der Waals surface area contributed by atoms with Crippen LogP contribution in [0, 0.1) is 5.82 Å². The standard InChI is InChI=1S/C26H20F4N4O/c27-22-8-2-5-18(13-22)20-15-32-25(33-16-20)34-23-9-3-6-19(14-23)24(35)31-11-10-17-4-1-7-21(12-17)26(28,29)30/h1-9,12-16H,10-11H2,(H,31,35)(H,32,33,34). The molecule has 0 aliphatic heterocycles. The Labute approximate surface area is 198 Å². The molecule has 1 aromatic heterocycles. The highest BCUT2D eigenvalue weighted by atomic mass is 19.4. The van der Waals surface area contributed by atoms with E-state index in [4.69, 9.17) is 0 Å². The van der Waals surface area contributed by atoms with Crippen molar-refractivity contribution in [3.63, 3.8) is 0 Å². The lowest BCUT2D eigenvalue weighted by Gasteiger charge is -2.10. The fourth-order valence-corrected chi connectivity index (χ4v) is 3.40. The molecule has 0 fully saturated rings. The third-order valence-electron chi connectivity index (χ3n) is 5.14. The molecule has 0 radical (unpaired) electrons. The van der Waals surface area contributed by atoms with E-state index in [-0.39, 0.29) is 24.7 Å². The highest BCUT2D eigenvalue weighted by Gasteiger charge is 2.30. The molecule has 2 N–H and O–H groups in total. The lowest BCUT2D eigenvalue weighted by Crippen LogP contribution is -2.25. The molecule has 35 heavy (non-hydrogen) atoms. The van der Waals surface area contributed by atoms with Crippen LogP contribution < -0.4 is 10.6 Å². The molecule has 0 unspecified atom stereocenters. The molecule has 0 spiro atoms. The summed E-state index contributed by atoms with van der Waals surface area (Å²) in [4.78, 5) is 21.0. The Hall–Kier alpha value is -4.27. The number of hydrogen-bond acceptors (Lipinski definition) is 4. The summed E-state index contributed by atoms with van der Waals surface area (Å²) < 4.78 is 52.0. The van der Waals surface area contributed by atoms with Crippen LogP contribution in [0.15, 0.2) is 85.2 Å². The van der Waals surface area contributed by atoms with Crippen LogP contribution in [-0.4, -0.2) is 22.4 Å². The molecule has 4 rings (SSSR count). The third kappa shape index (κ3) is 6.41. The maximum atomic E-state index is 13.4. The molecule has 1 amide bonds. The van der Waals surface area contributed by atoms with E-state index in [1.807, 2.05) is 0 Å². The van der Waals surface area contributed by atoms with Gasteiger partial charge in [0.15, 0.2) is 0 Å². The summed E-state index contributed by atoms with van der Waals surface area (Å²) in [6.07, 6.45) is -1.02. The van der Waals surface area contributed by atoms with E-state index in [2.05, 4.69) is 20.6 Å². The minimum atomic E-state index is -4.41. The van der Waals surface area contributed by atoms with E-state index in [1.54, 1.807) is 54.9 Å². The summed E-state index contributed by atoms with van der Waals surface area (Å²) in [5, 5.41) is 5.73. The van der Waals surface area contributed by atoms with Gasteiger partial charge in [0.05, 0.1) is 5.56 Å². The molecular formula is C26H20F4N4O. The SMILES string of the molecule is O=C(NCCc1cccc(C(F)(F)F)c1)c1cccc(Nc2ncc(-c3cccc(F)c3)cn2)c1. The van der Waals surface area contributed by atoms with Crippen LogP contribution in [-0.2, 0) is 12.6 Å². The number of halogens is 4. The molecule has 178 valence electrons. The highest BCUT2D eigenvalue weighted by Crippen LogP contribution is 2.29. The monoisotopic (exact) mass is 480 g/mol. The molecular weight excluding hydrogens is 460 g/mol. The van der Waals surface area contributed by atoms with Crippen molar-refractivity contribution in [2.75, 3.05) is 11.9 Å². The van der Waals surface area contributed by atoms with Crippen LogP contribution in [0.2, 0.25) is 0 Å². The first kappa shape index (κ1) is 23.9. The predicted molar refractivity (Wildman–Crippen MR) is 125 cm³/mol. The topological polar surface area (TPSA) is 66.9 Å². The average Bonchev–Trinajstić information content (AvgIpc) is 2.84. The summed E-state index contributed by atoms with van der Waals surface area (Å²) in [5.41, 5.74) is 2.02. The number of anilines is 2. The second kappa shape index (κ2) is 10.3. The second-order valence-corrected chi connectivity index (χ2v) is 7.72. The van der Waals surface area contributed by atoms with Crippen LogP contribution >= 0.6 is 0 Å². The highest BCUT2D eigenvalue weighted by molar-refractivity contribution is 5.95. The van der Waals surface area contributed by atoms with Crippen LogP contribution in [0.25, 0.3) is 11.1 Å². The van der Waals surface area contributed by atoms with Crippen LogP contribution in [0.1, 0.15) is 21.5 Å². The maximum Gasteiger partial charge on any atom is 0.416 e. The Bertz CT molecular complexity index is 1320. The summed E-state index contributed by atoms with van der Waals surface area (Å²) in [6.45, 7) is 0.183. The number of benzene rings is 3. The van der Waals surface area contributed by atoms with Crippen molar-refractivity contribution in [1.29, 1.82) is 0 Å². The van der Waals surface area contributed by atoms with Crippen molar-refractivity contribution >= 4 is 17.5 Å². The van der Waals surface area contributed by atoms with Gasteiger partial charge in [-0.25, -0.2) is 14.4 Å². The molecule has 5 nitrogen and oxygen atoms in total. The molecule has 0 aliphatic rings. The molecule has 1 heterocycles. The number of alkyl halides is 3. The van der Waals surface area contributed by atoms with E-state index in [0.29, 0.717) is 33.9 Å². The number of carbonyl (C=O) groups is 1. The Balaban J connectivity index is 1.35. The van der Waals surface area contributed by atoms with E-state index in [0.717, 1.165) is 12.1 Å². The zero-order valence-electron chi connectivity index (χ0n) is 18.3. The van der Waals surface area contributed by atoms with Gasteiger partial charge in [0, 0.05) is 35.8 Å². The van der Waals surface area contributed by atoms with E-state index >= 15 is 0 Å². The van der Waals surface area contributed by atoms with Gasteiger partial charge in [-0.1, -0.05) is 36.4 Å². The van der Waals surface area contributed by atoms with Crippen LogP contribution in [0.5, 0.6) is 0 Å². The summed E-state index contributed by atoms with van der Waals surface area (Å²) in [5.74, 6) is -0.412. The van der Waals surface area contributed by atoms with Gasteiger partial charge in [0.2, 0.25) is 5.95 Å². The Morgan fingerprint density at radius 2 is 1.60 bits per heavy atom. The van der Waals surface area contributed by atoms with Crippen molar-refractivity contribution in [1.82, 2.24) is 15.3 Å². The van der Waals surface area contributed by atoms with Crippen molar-refractivity contribution in [2.24, 2.45) is 0 Å². The second-order valence-electron chi connectivity index (χ2n) is 7.72. The number of rotatable bonds is 7. The zero-order chi connectivity index (χ0) is 24.8. The number of amides is 1. The van der Waals surface area contributed by atoms with Crippen LogP contribution in [0.3, 0.4) is 0 Å². The van der Waals surface area contributed by atoms with Gasteiger partial charge in [-0.3, -0.25) is 4.79 Å². The minimum absolute atomic E-state index is 0.183. The number of carbonyl (C=O) groups excluding carboxylic acids is 1. The fourth-order valence-electron chi connectivity index (χ4n) is 3.40. The number of nitrogens with one attached hydrogen (secondary N) is 2. The maximum absolute atomic E-state index is 13.4. The summed E-state index contributed by atoms with van der Waals surface area (Å²) >= 11 is 0. The quantitative estimate of drug-likeness (QED) is 0.318. The van der Waals surface area contributed by atoms with E-state index in [1.165, 1.54) is 18.2 Å². The first-order chi connectivity index (χ1) is 16.8. The molecule has 0 atom stereocenters. The van der Waals surface area contributed by atoms with Crippen molar-refractivity contribution in [2.45, 2.75) is 12.6 Å².